The Hall–Kier alpha value is -1.26. The molecule has 1 saturated heterocycles. The maximum absolute atomic E-state index is 12.0. The summed E-state index contributed by atoms with van der Waals surface area (Å²) < 4.78 is 0. The molecule has 0 aliphatic carbocycles. The smallest absolute Gasteiger partial charge is 0.239 e. The molecule has 6 heteroatoms. The van der Waals surface area contributed by atoms with Crippen molar-refractivity contribution < 1.29 is 9.59 Å². The lowest BCUT2D eigenvalue weighted by atomic mass is 10.1. The van der Waals surface area contributed by atoms with Crippen LogP contribution in [0.25, 0.3) is 0 Å². The predicted molar refractivity (Wildman–Crippen MR) is 69.8 cm³/mol. The van der Waals surface area contributed by atoms with Gasteiger partial charge in [0.25, 0.3) is 0 Å². The van der Waals surface area contributed by atoms with E-state index in [1.165, 1.54) is 0 Å². The van der Waals surface area contributed by atoms with Crippen molar-refractivity contribution in [2.75, 3.05) is 19.6 Å². The number of amides is 2. The highest BCUT2D eigenvalue weighted by molar-refractivity contribution is 6.42. The van der Waals surface area contributed by atoms with Crippen LogP contribution in [0.3, 0.4) is 0 Å². The topological polar surface area (TPSA) is 49.4 Å². The van der Waals surface area contributed by atoms with Crippen molar-refractivity contribution in [3.63, 3.8) is 0 Å². The Balaban J connectivity index is 2.02. The molecule has 1 aromatic carbocycles. The summed E-state index contributed by atoms with van der Waals surface area (Å²) in [4.78, 5) is 24.7. The van der Waals surface area contributed by atoms with Gasteiger partial charge in [-0.2, -0.15) is 0 Å². The maximum atomic E-state index is 12.0. The van der Waals surface area contributed by atoms with Crippen LogP contribution in [0.5, 0.6) is 0 Å². The molecule has 96 valence electrons. The summed E-state index contributed by atoms with van der Waals surface area (Å²) in [5, 5.41) is 3.57. The average Bonchev–Trinajstić information content (AvgIpc) is 2.34. The molecule has 2 amide bonds. The number of piperazine rings is 1. The van der Waals surface area contributed by atoms with E-state index in [-0.39, 0.29) is 24.8 Å². The lowest BCUT2D eigenvalue weighted by molar-refractivity contribution is -0.137. The zero-order valence-electron chi connectivity index (χ0n) is 9.58. The molecule has 1 fully saturated rings. The Morgan fingerprint density at radius 2 is 2.11 bits per heavy atom. The summed E-state index contributed by atoms with van der Waals surface area (Å²) in [6, 6.07) is 5.09. The zero-order chi connectivity index (χ0) is 13.1. The second-order valence-electron chi connectivity index (χ2n) is 4.09. The van der Waals surface area contributed by atoms with Crippen molar-refractivity contribution in [3.8, 4) is 0 Å². The minimum Gasteiger partial charge on any atom is -0.353 e. The highest BCUT2D eigenvalue weighted by Gasteiger charge is 2.21. The normalized spacial score (nSPS) is 15.4. The molecule has 0 radical (unpaired) electrons. The molecule has 18 heavy (non-hydrogen) atoms. The van der Waals surface area contributed by atoms with E-state index in [0.29, 0.717) is 23.1 Å². The van der Waals surface area contributed by atoms with Gasteiger partial charge in [0.15, 0.2) is 0 Å². The van der Waals surface area contributed by atoms with Gasteiger partial charge in [0, 0.05) is 13.1 Å². The Morgan fingerprint density at radius 3 is 2.78 bits per heavy atom. The molecule has 2 rings (SSSR count). The molecule has 0 unspecified atom stereocenters. The van der Waals surface area contributed by atoms with Gasteiger partial charge < -0.3 is 10.2 Å². The van der Waals surface area contributed by atoms with Crippen molar-refractivity contribution in [1.29, 1.82) is 0 Å². The third-order valence-electron chi connectivity index (χ3n) is 2.73. The first-order chi connectivity index (χ1) is 8.56. The van der Waals surface area contributed by atoms with Gasteiger partial charge in [0.05, 0.1) is 23.0 Å². The van der Waals surface area contributed by atoms with Crippen molar-refractivity contribution in [1.82, 2.24) is 10.2 Å². The molecule has 0 saturated carbocycles. The van der Waals surface area contributed by atoms with E-state index < -0.39 is 0 Å². The van der Waals surface area contributed by atoms with E-state index in [1.54, 1.807) is 23.1 Å². The van der Waals surface area contributed by atoms with Crippen LogP contribution in [0.2, 0.25) is 10.0 Å². The van der Waals surface area contributed by atoms with E-state index in [0.717, 1.165) is 5.56 Å². The minimum atomic E-state index is -0.122. The third-order valence-corrected chi connectivity index (χ3v) is 3.47. The SMILES string of the molecule is O=C1CN(C(=O)Cc2ccc(Cl)c(Cl)c2)CCN1. The van der Waals surface area contributed by atoms with Gasteiger partial charge in [-0.05, 0) is 17.7 Å². The van der Waals surface area contributed by atoms with E-state index in [4.69, 9.17) is 23.2 Å². The summed E-state index contributed by atoms with van der Waals surface area (Å²) in [6.07, 6.45) is 0.226. The van der Waals surface area contributed by atoms with Gasteiger partial charge in [-0.3, -0.25) is 9.59 Å². The van der Waals surface area contributed by atoms with Crippen LogP contribution in [0.1, 0.15) is 5.56 Å². The van der Waals surface area contributed by atoms with Crippen LogP contribution in [-0.2, 0) is 16.0 Å². The standard InChI is InChI=1S/C12H12Cl2N2O2/c13-9-2-1-8(5-10(9)14)6-12(18)16-4-3-15-11(17)7-16/h1-2,5H,3-4,6-7H2,(H,15,17). The number of carbonyl (C=O) groups is 2. The number of hydrogen-bond donors (Lipinski definition) is 1. The molecule has 1 aliphatic heterocycles. The van der Waals surface area contributed by atoms with Crippen LogP contribution in [-0.4, -0.2) is 36.3 Å². The lowest BCUT2D eigenvalue weighted by Crippen LogP contribution is -2.50. The fourth-order valence-corrected chi connectivity index (χ4v) is 2.11. The fraction of sp³-hybridized carbons (Fsp3) is 0.333. The molecule has 0 spiro atoms. The van der Waals surface area contributed by atoms with E-state index in [1.807, 2.05) is 0 Å². The molecule has 4 nitrogen and oxygen atoms in total. The van der Waals surface area contributed by atoms with Crippen molar-refractivity contribution in [2.45, 2.75) is 6.42 Å². The molecular formula is C12H12Cl2N2O2. The van der Waals surface area contributed by atoms with Crippen LogP contribution >= 0.6 is 23.2 Å². The Morgan fingerprint density at radius 1 is 1.33 bits per heavy atom. The van der Waals surface area contributed by atoms with Crippen LogP contribution < -0.4 is 5.32 Å². The van der Waals surface area contributed by atoms with Crippen LogP contribution in [0.15, 0.2) is 18.2 Å². The van der Waals surface area contributed by atoms with Gasteiger partial charge >= 0.3 is 0 Å². The number of nitrogens with one attached hydrogen (secondary N) is 1. The van der Waals surface area contributed by atoms with E-state index in [9.17, 15) is 9.59 Å². The number of benzene rings is 1. The number of halogens is 2. The van der Waals surface area contributed by atoms with Gasteiger partial charge in [0.2, 0.25) is 11.8 Å². The van der Waals surface area contributed by atoms with Gasteiger partial charge in [-0.1, -0.05) is 29.3 Å². The number of hydrogen-bond acceptors (Lipinski definition) is 2. The lowest BCUT2D eigenvalue weighted by Gasteiger charge is -2.26. The first-order valence-electron chi connectivity index (χ1n) is 5.54. The van der Waals surface area contributed by atoms with Gasteiger partial charge in [-0.15, -0.1) is 0 Å². The molecular weight excluding hydrogens is 275 g/mol. The first-order valence-corrected chi connectivity index (χ1v) is 6.30. The summed E-state index contributed by atoms with van der Waals surface area (Å²) in [5.74, 6) is -0.202. The molecule has 1 heterocycles. The minimum absolute atomic E-state index is 0.0803. The molecule has 0 bridgehead atoms. The van der Waals surface area contributed by atoms with E-state index in [2.05, 4.69) is 5.32 Å². The predicted octanol–water partition coefficient (Wildman–Crippen LogP) is 1.49. The molecule has 1 N–H and O–H groups in total. The highest BCUT2D eigenvalue weighted by Crippen LogP contribution is 2.23. The summed E-state index contributed by atoms with van der Waals surface area (Å²) in [6.45, 7) is 1.18. The maximum Gasteiger partial charge on any atom is 0.239 e. The molecule has 1 aromatic rings. The number of carbonyl (C=O) groups excluding carboxylic acids is 2. The molecule has 0 aromatic heterocycles. The fourth-order valence-electron chi connectivity index (χ4n) is 1.79. The number of rotatable bonds is 2. The van der Waals surface area contributed by atoms with Crippen molar-refractivity contribution >= 4 is 35.0 Å². The van der Waals surface area contributed by atoms with Crippen LogP contribution in [0.4, 0.5) is 0 Å². The molecule has 0 atom stereocenters. The summed E-state index contributed by atoms with van der Waals surface area (Å²) in [7, 11) is 0. The Labute approximate surface area is 115 Å². The largest absolute Gasteiger partial charge is 0.353 e. The Bertz CT molecular complexity index is 491. The van der Waals surface area contributed by atoms with Crippen LogP contribution in [0, 0.1) is 0 Å². The summed E-state index contributed by atoms with van der Waals surface area (Å²) in [5.41, 5.74) is 0.792. The monoisotopic (exact) mass is 286 g/mol. The Kier molecular flexibility index (Phi) is 4.09. The zero-order valence-corrected chi connectivity index (χ0v) is 11.1. The quantitative estimate of drug-likeness (QED) is 0.896. The van der Waals surface area contributed by atoms with Gasteiger partial charge in [-0.25, -0.2) is 0 Å². The van der Waals surface area contributed by atoms with E-state index >= 15 is 0 Å². The second-order valence-corrected chi connectivity index (χ2v) is 4.90. The molecule has 1 aliphatic rings. The highest BCUT2D eigenvalue weighted by atomic mass is 35.5. The second kappa shape index (κ2) is 5.59. The van der Waals surface area contributed by atoms with Gasteiger partial charge in [0.1, 0.15) is 0 Å². The first kappa shape index (κ1) is 13.2. The average molecular weight is 287 g/mol. The van der Waals surface area contributed by atoms with Crippen molar-refractivity contribution in [3.05, 3.63) is 33.8 Å². The summed E-state index contributed by atoms with van der Waals surface area (Å²) >= 11 is 11.7. The third kappa shape index (κ3) is 3.15. The number of nitrogens with zero attached hydrogens (tertiary/aromatic N) is 1. The van der Waals surface area contributed by atoms with Crippen molar-refractivity contribution in [2.24, 2.45) is 0 Å².